The highest BCUT2D eigenvalue weighted by molar-refractivity contribution is 7.93. The first-order chi connectivity index (χ1) is 8.98. The summed E-state index contributed by atoms with van der Waals surface area (Å²) >= 11 is 6.98. The Bertz CT molecular complexity index is 651. The van der Waals surface area contributed by atoms with E-state index in [1.165, 1.54) is 24.3 Å². The van der Waals surface area contributed by atoms with Crippen LogP contribution in [0.3, 0.4) is 0 Å². The second kappa shape index (κ2) is 5.58. The van der Waals surface area contributed by atoms with Gasteiger partial charge in [0.15, 0.2) is 9.84 Å². The van der Waals surface area contributed by atoms with Crippen molar-refractivity contribution >= 4 is 32.8 Å². The second-order valence-electron chi connectivity index (χ2n) is 3.84. The molecule has 2 rings (SSSR count). The van der Waals surface area contributed by atoms with Crippen molar-refractivity contribution in [3.05, 3.63) is 52.1 Å². The molecule has 1 atom stereocenters. The van der Waals surface area contributed by atoms with Gasteiger partial charge in [0, 0.05) is 17.1 Å². The maximum absolute atomic E-state index is 13.9. The summed E-state index contributed by atoms with van der Waals surface area (Å²) < 4.78 is 38.9. The second-order valence-corrected chi connectivity index (χ2v) is 7.55. The van der Waals surface area contributed by atoms with E-state index < -0.39 is 20.9 Å². The van der Waals surface area contributed by atoms with Crippen LogP contribution in [0.4, 0.5) is 4.39 Å². The van der Waals surface area contributed by atoms with E-state index in [1.54, 1.807) is 11.4 Å². The average Bonchev–Trinajstić information content (AvgIpc) is 2.88. The molecular weight excluding hydrogens is 309 g/mol. The molecule has 0 saturated heterocycles. The summed E-state index contributed by atoms with van der Waals surface area (Å²) in [6, 6.07) is 7.14. The zero-order chi connectivity index (χ0) is 14.0. The standard InChI is InChI=1S/C12H11ClFNO2S2/c13-8-3-1-4-9(14)12(8)10(7-15)19(16,17)11-5-2-6-18-11/h1-6,10H,7,15H2/t10-/m1/s1. The highest BCUT2D eigenvalue weighted by Gasteiger charge is 2.32. The topological polar surface area (TPSA) is 60.2 Å². The summed E-state index contributed by atoms with van der Waals surface area (Å²) in [4.78, 5) is 0. The van der Waals surface area contributed by atoms with Crippen molar-refractivity contribution in [2.24, 2.45) is 5.73 Å². The Morgan fingerprint density at radius 2 is 2.05 bits per heavy atom. The van der Waals surface area contributed by atoms with Crippen LogP contribution in [-0.2, 0) is 9.84 Å². The maximum atomic E-state index is 13.9. The zero-order valence-electron chi connectivity index (χ0n) is 9.71. The fourth-order valence-corrected chi connectivity index (χ4v) is 4.99. The van der Waals surface area contributed by atoms with Crippen molar-refractivity contribution in [1.29, 1.82) is 0 Å². The third kappa shape index (κ3) is 2.67. The smallest absolute Gasteiger partial charge is 0.196 e. The van der Waals surface area contributed by atoms with Gasteiger partial charge < -0.3 is 5.73 Å². The number of thiophene rings is 1. The normalized spacial score (nSPS) is 13.4. The Hall–Kier alpha value is -0.950. The van der Waals surface area contributed by atoms with E-state index >= 15 is 0 Å². The fraction of sp³-hybridized carbons (Fsp3) is 0.167. The molecular formula is C12H11ClFNO2S2. The molecule has 0 spiro atoms. The van der Waals surface area contributed by atoms with E-state index in [4.69, 9.17) is 17.3 Å². The molecule has 0 saturated carbocycles. The van der Waals surface area contributed by atoms with E-state index in [0.717, 1.165) is 11.3 Å². The number of nitrogens with two attached hydrogens (primary N) is 1. The van der Waals surface area contributed by atoms with Gasteiger partial charge in [-0.2, -0.15) is 0 Å². The van der Waals surface area contributed by atoms with Crippen LogP contribution in [-0.4, -0.2) is 15.0 Å². The molecule has 0 unspecified atom stereocenters. The van der Waals surface area contributed by atoms with Crippen LogP contribution in [0.5, 0.6) is 0 Å². The lowest BCUT2D eigenvalue weighted by atomic mass is 10.1. The SMILES string of the molecule is NC[C@H](c1c(F)cccc1Cl)S(=O)(=O)c1cccs1. The number of benzene rings is 1. The molecule has 2 N–H and O–H groups in total. The summed E-state index contributed by atoms with van der Waals surface area (Å²) in [7, 11) is -3.74. The van der Waals surface area contributed by atoms with E-state index in [0.29, 0.717) is 0 Å². The van der Waals surface area contributed by atoms with Gasteiger partial charge in [-0.3, -0.25) is 0 Å². The van der Waals surface area contributed by atoms with Crippen molar-refractivity contribution in [2.75, 3.05) is 6.54 Å². The molecule has 19 heavy (non-hydrogen) atoms. The van der Waals surface area contributed by atoms with Crippen LogP contribution < -0.4 is 5.73 Å². The summed E-state index contributed by atoms with van der Waals surface area (Å²) in [5.41, 5.74) is 5.47. The number of rotatable bonds is 4. The fourth-order valence-electron chi connectivity index (χ4n) is 1.78. The lowest BCUT2D eigenvalue weighted by Gasteiger charge is -2.17. The van der Waals surface area contributed by atoms with Crippen LogP contribution in [0, 0.1) is 5.82 Å². The van der Waals surface area contributed by atoms with E-state index in [-0.39, 0.29) is 21.3 Å². The van der Waals surface area contributed by atoms with Gasteiger partial charge in [0.1, 0.15) is 15.3 Å². The first kappa shape index (κ1) is 14.5. The first-order valence-electron chi connectivity index (χ1n) is 5.40. The van der Waals surface area contributed by atoms with E-state index in [2.05, 4.69) is 0 Å². The summed E-state index contributed by atoms with van der Waals surface area (Å²) in [6.45, 7) is -0.235. The van der Waals surface area contributed by atoms with E-state index in [1.807, 2.05) is 0 Å². The molecule has 7 heteroatoms. The molecule has 3 nitrogen and oxygen atoms in total. The molecule has 0 aliphatic carbocycles. The van der Waals surface area contributed by atoms with Crippen molar-refractivity contribution < 1.29 is 12.8 Å². The minimum absolute atomic E-state index is 0.0654. The molecule has 102 valence electrons. The molecule has 1 aromatic carbocycles. The van der Waals surface area contributed by atoms with Gasteiger partial charge in [-0.05, 0) is 23.6 Å². The van der Waals surface area contributed by atoms with Gasteiger partial charge in [0.2, 0.25) is 0 Å². The van der Waals surface area contributed by atoms with Crippen LogP contribution in [0.25, 0.3) is 0 Å². The van der Waals surface area contributed by atoms with Gasteiger partial charge in [-0.1, -0.05) is 23.7 Å². The summed E-state index contributed by atoms with van der Waals surface area (Å²) in [5.74, 6) is -0.664. The average molecular weight is 320 g/mol. The summed E-state index contributed by atoms with van der Waals surface area (Å²) in [6.07, 6.45) is 0. The van der Waals surface area contributed by atoms with Crippen molar-refractivity contribution in [3.8, 4) is 0 Å². The number of sulfone groups is 1. The van der Waals surface area contributed by atoms with Gasteiger partial charge in [-0.25, -0.2) is 12.8 Å². The lowest BCUT2D eigenvalue weighted by Crippen LogP contribution is -2.23. The molecule has 0 bridgehead atoms. The third-order valence-corrected chi connectivity index (χ3v) is 6.54. The van der Waals surface area contributed by atoms with Gasteiger partial charge in [0.25, 0.3) is 0 Å². The molecule has 0 aliphatic rings. The predicted molar refractivity (Wildman–Crippen MR) is 74.7 cm³/mol. The highest BCUT2D eigenvalue weighted by atomic mass is 35.5. The Morgan fingerprint density at radius 1 is 1.32 bits per heavy atom. The molecule has 0 amide bonds. The maximum Gasteiger partial charge on any atom is 0.196 e. The van der Waals surface area contributed by atoms with Gasteiger partial charge >= 0.3 is 0 Å². The number of halogens is 2. The van der Waals surface area contributed by atoms with Gasteiger partial charge in [-0.15, -0.1) is 11.3 Å². The van der Waals surface area contributed by atoms with Crippen molar-refractivity contribution in [3.63, 3.8) is 0 Å². The molecule has 2 aromatic rings. The molecule has 1 heterocycles. The van der Waals surface area contributed by atoms with Gasteiger partial charge in [0.05, 0.1) is 0 Å². The first-order valence-corrected chi connectivity index (χ1v) is 8.20. The third-order valence-electron chi connectivity index (χ3n) is 2.69. The number of hydrogen-bond donors (Lipinski definition) is 1. The van der Waals surface area contributed by atoms with E-state index in [9.17, 15) is 12.8 Å². The Balaban J connectivity index is 2.58. The van der Waals surface area contributed by atoms with Crippen LogP contribution in [0.15, 0.2) is 39.9 Å². The van der Waals surface area contributed by atoms with Crippen molar-refractivity contribution in [1.82, 2.24) is 0 Å². The molecule has 1 aromatic heterocycles. The summed E-state index contributed by atoms with van der Waals surface area (Å²) in [5, 5.41) is 0.527. The number of hydrogen-bond acceptors (Lipinski definition) is 4. The largest absolute Gasteiger partial charge is 0.329 e. The molecule has 0 radical (unpaired) electrons. The highest BCUT2D eigenvalue weighted by Crippen LogP contribution is 2.35. The van der Waals surface area contributed by atoms with Crippen molar-refractivity contribution in [2.45, 2.75) is 9.46 Å². The molecule has 0 aliphatic heterocycles. The Kier molecular flexibility index (Phi) is 4.25. The van der Waals surface area contributed by atoms with Crippen LogP contribution in [0.2, 0.25) is 5.02 Å². The van der Waals surface area contributed by atoms with Crippen LogP contribution in [0.1, 0.15) is 10.8 Å². The lowest BCUT2D eigenvalue weighted by molar-refractivity contribution is 0.570. The monoisotopic (exact) mass is 319 g/mol. The predicted octanol–water partition coefficient (Wildman–Crippen LogP) is 3.01. The minimum Gasteiger partial charge on any atom is -0.329 e. The zero-order valence-corrected chi connectivity index (χ0v) is 12.1. The minimum atomic E-state index is -3.74. The Morgan fingerprint density at radius 3 is 2.58 bits per heavy atom. The Labute approximate surface area is 119 Å². The molecule has 0 fully saturated rings. The van der Waals surface area contributed by atoms with Crippen LogP contribution >= 0.6 is 22.9 Å². The quantitative estimate of drug-likeness (QED) is 0.942.